The number of aliphatic hydroxyl groups excluding tert-OH is 1. The van der Waals surface area contributed by atoms with Gasteiger partial charge in [-0.3, -0.25) is 4.79 Å². The summed E-state index contributed by atoms with van der Waals surface area (Å²) in [5, 5.41) is 9.01. The Kier molecular flexibility index (Phi) is 6.36. The highest BCUT2D eigenvalue weighted by Gasteiger charge is 2.17. The number of nitrogens with zero attached hydrogens (tertiary/aromatic N) is 1. The monoisotopic (exact) mass is 265 g/mol. The average Bonchev–Trinajstić information content (AvgIpc) is 2.42. The molecule has 0 fully saturated rings. The third-order valence-electron chi connectivity index (χ3n) is 2.80. The molecular formula is C15H23NO3. The molecule has 0 atom stereocenters. The fourth-order valence-electron chi connectivity index (χ4n) is 1.78. The molecule has 4 nitrogen and oxygen atoms in total. The molecule has 0 aromatic heterocycles. The van der Waals surface area contributed by atoms with Crippen molar-refractivity contribution in [3.8, 4) is 5.75 Å². The van der Waals surface area contributed by atoms with Gasteiger partial charge in [-0.2, -0.15) is 0 Å². The Morgan fingerprint density at radius 3 is 2.42 bits per heavy atom. The van der Waals surface area contributed by atoms with Crippen LogP contribution in [0.1, 0.15) is 37.6 Å². The number of benzene rings is 1. The molecule has 0 heterocycles. The molecule has 0 aliphatic carbocycles. The summed E-state index contributed by atoms with van der Waals surface area (Å²) in [6.45, 7) is 6.92. The molecule has 0 spiro atoms. The molecule has 1 rings (SSSR count). The van der Waals surface area contributed by atoms with E-state index >= 15 is 0 Å². The first-order valence-corrected chi connectivity index (χ1v) is 6.74. The van der Waals surface area contributed by atoms with E-state index in [1.807, 2.05) is 20.8 Å². The van der Waals surface area contributed by atoms with E-state index in [0.717, 1.165) is 12.2 Å². The molecule has 19 heavy (non-hydrogen) atoms. The number of hydrogen-bond donors (Lipinski definition) is 1. The van der Waals surface area contributed by atoms with Crippen LogP contribution in [0.25, 0.3) is 0 Å². The zero-order valence-electron chi connectivity index (χ0n) is 11.9. The summed E-state index contributed by atoms with van der Waals surface area (Å²) in [6.07, 6.45) is 0.957. The smallest absolute Gasteiger partial charge is 0.254 e. The summed E-state index contributed by atoms with van der Waals surface area (Å²) >= 11 is 0. The predicted molar refractivity (Wildman–Crippen MR) is 75.5 cm³/mol. The molecular weight excluding hydrogens is 242 g/mol. The van der Waals surface area contributed by atoms with Gasteiger partial charge in [0.15, 0.2) is 0 Å². The second-order valence-electron chi connectivity index (χ2n) is 4.69. The van der Waals surface area contributed by atoms with Crippen LogP contribution < -0.4 is 4.74 Å². The van der Waals surface area contributed by atoms with E-state index in [-0.39, 0.29) is 18.6 Å². The van der Waals surface area contributed by atoms with Crippen LogP contribution in [-0.4, -0.2) is 41.7 Å². The van der Waals surface area contributed by atoms with Crippen molar-refractivity contribution in [1.82, 2.24) is 4.90 Å². The summed E-state index contributed by atoms with van der Waals surface area (Å²) in [4.78, 5) is 13.9. The number of carbonyl (C=O) groups is 1. The Morgan fingerprint density at radius 2 is 1.95 bits per heavy atom. The molecule has 1 N–H and O–H groups in total. The Morgan fingerprint density at radius 1 is 1.32 bits per heavy atom. The Labute approximate surface area is 115 Å². The second kappa shape index (κ2) is 7.79. The van der Waals surface area contributed by atoms with Crippen LogP contribution in [0.15, 0.2) is 24.3 Å². The van der Waals surface area contributed by atoms with Crippen molar-refractivity contribution in [3.63, 3.8) is 0 Å². The highest BCUT2D eigenvalue weighted by molar-refractivity contribution is 5.94. The van der Waals surface area contributed by atoms with Crippen molar-refractivity contribution in [2.45, 2.75) is 33.2 Å². The van der Waals surface area contributed by atoms with Gasteiger partial charge in [0.2, 0.25) is 0 Å². The van der Waals surface area contributed by atoms with E-state index in [0.29, 0.717) is 18.7 Å². The van der Waals surface area contributed by atoms with Gasteiger partial charge in [0.25, 0.3) is 5.91 Å². The van der Waals surface area contributed by atoms with Gasteiger partial charge in [0.05, 0.1) is 13.2 Å². The van der Waals surface area contributed by atoms with E-state index < -0.39 is 0 Å². The van der Waals surface area contributed by atoms with Crippen molar-refractivity contribution >= 4 is 5.91 Å². The quantitative estimate of drug-likeness (QED) is 0.823. The summed E-state index contributed by atoms with van der Waals surface area (Å²) < 4.78 is 5.48. The van der Waals surface area contributed by atoms with Crippen LogP contribution in [0.2, 0.25) is 0 Å². The van der Waals surface area contributed by atoms with Gasteiger partial charge in [0.1, 0.15) is 5.75 Å². The Hall–Kier alpha value is -1.55. The lowest BCUT2D eigenvalue weighted by atomic mass is 10.1. The molecule has 0 saturated heterocycles. The SMILES string of the molecule is CCCOc1ccc(C(=O)N(CCO)C(C)C)cc1. The highest BCUT2D eigenvalue weighted by atomic mass is 16.5. The minimum atomic E-state index is -0.0638. The van der Waals surface area contributed by atoms with Crippen molar-refractivity contribution < 1.29 is 14.6 Å². The topological polar surface area (TPSA) is 49.8 Å². The first kappa shape index (κ1) is 15.5. The van der Waals surface area contributed by atoms with Crippen molar-refractivity contribution in [1.29, 1.82) is 0 Å². The molecule has 1 aromatic carbocycles. The lowest BCUT2D eigenvalue weighted by Crippen LogP contribution is -2.38. The van der Waals surface area contributed by atoms with Crippen LogP contribution in [0.5, 0.6) is 5.75 Å². The van der Waals surface area contributed by atoms with Crippen LogP contribution in [-0.2, 0) is 0 Å². The molecule has 0 bridgehead atoms. The number of carbonyl (C=O) groups excluding carboxylic acids is 1. The van der Waals surface area contributed by atoms with Crippen molar-refractivity contribution in [2.75, 3.05) is 19.8 Å². The number of hydrogen-bond acceptors (Lipinski definition) is 3. The molecule has 4 heteroatoms. The van der Waals surface area contributed by atoms with Gasteiger partial charge in [-0.1, -0.05) is 6.92 Å². The molecule has 0 radical (unpaired) electrons. The normalized spacial score (nSPS) is 10.6. The van der Waals surface area contributed by atoms with Gasteiger partial charge in [-0.15, -0.1) is 0 Å². The minimum absolute atomic E-state index is 0.0262. The molecule has 1 aromatic rings. The molecule has 0 unspecified atom stereocenters. The number of rotatable bonds is 7. The summed E-state index contributed by atoms with van der Waals surface area (Å²) in [5.41, 5.74) is 0.617. The molecule has 0 saturated carbocycles. The number of amides is 1. The first-order valence-electron chi connectivity index (χ1n) is 6.74. The maximum atomic E-state index is 12.3. The van der Waals surface area contributed by atoms with Crippen molar-refractivity contribution in [3.05, 3.63) is 29.8 Å². The van der Waals surface area contributed by atoms with E-state index in [1.165, 1.54) is 0 Å². The number of aliphatic hydroxyl groups is 1. The standard InChI is InChI=1S/C15H23NO3/c1-4-11-19-14-7-5-13(6-8-14)15(18)16(9-10-17)12(2)3/h5-8,12,17H,4,9-11H2,1-3H3. The third kappa shape index (κ3) is 4.56. The fraction of sp³-hybridized carbons (Fsp3) is 0.533. The van der Waals surface area contributed by atoms with E-state index in [4.69, 9.17) is 9.84 Å². The third-order valence-corrected chi connectivity index (χ3v) is 2.80. The van der Waals surface area contributed by atoms with Gasteiger partial charge in [-0.05, 0) is 44.5 Å². The van der Waals surface area contributed by atoms with E-state index in [9.17, 15) is 4.79 Å². The van der Waals surface area contributed by atoms with Crippen LogP contribution in [0, 0.1) is 0 Å². The highest BCUT2D eigenvalue weighted by Crippen LogP contribution is 2.15. The lowest BCUT2D eigenvalue weighted by Gasteiger charge is -2.26. The summed E-state index contributed by atoms with van der Waals surface area (Å²) in [5.74, 6) is 0.711. The predicted octanol–water partition coefficient (Wildman–Crippen LogP) is 2.32. The Bertz CT molecular complexity index is 387. The zero-order chi connectivity index (χ0) is 14.3. The van der Waals surface area contributed by atoms with Gasteiger partial charge < -0.3 is 14.7 Å². The molecule has 0 aliphatic rings. The molecule has 1 amide bonds. The second-order valence-corrected chi connectivity index (χ2v) is 4.69. The maximum absolute atomic E-state index is 12.3. The van der Waals surface area contributed by atoms with Gasteiger partial charge >= 0.3 is 0 Å². The van der Waals surface area contributed by atoms with E-state index in [1.54, 1.807) is 29.2 Å². The van der Waals surface area contributed by atoms with Gasteiger partial charge in [0, 0.05) is 18.2 Å². The molecule has 0 aliphatic heterocycles. The lowest BCUT2D eigenvalue weighted by molar-refractivity contribution is 0.0665. The maximum Gasteiger partial charge on any atom is 0.254 e. The van der Waals surface area contributed by atoms with Gasteiger partial charge in [-0.25, -0.2) is 0 Å². The summed E-state index contributed by atoms with van der Waals surface area (Å²) in [6, 6.07) is 7.21. The zero-order valence-corrected chi connectivity index (χ0v) is 11.9. The largest absolute Gasteiger partial charge is 0.494 e. The Balaban J connectivity index is 2.75. The van der Waals surface area contributed by atoms with Crippen LogP contribution >= 0.6 is 0 Å². The van der Waals surface area contributed by atoms with Crippen LogP contribution in [0.3, 0.4) is 0 Å². The van der Waals surface area contributed by atoms with Crippen molar-refractivity contribution in [2.24, 2.45) is 0 Å². The fourth-order valence-corrected chi connectivity index (χ4v) is 1.78. The first-order chi connectivity index (χ1) is 9.10. The number of ether oxygens (including phenoxy) is 1. The average molecular weight is 265 g/mol. The minimum Gasteiger partial charge on any atom is -0.494 e. The van der Waals surface area contributed by atoms with E-state index in [2.05, 4.69) is 0 Å². The van der Waals surface area contributed by atoms with Crippen LogP contribution in [0.4, 0.5) is 0 Å². The molecule has 106 valence electrons. The summed E-state index contributed by atoms with van der Waals surface area (Å²) in [7, 11) is 0.